The van der Waals surface area contributed by atoms with Gasteiger partial charge in [0.05, 0.1) is 14.1 Å². The van der Waals surface area contributed by atoms with E-state index in [1.54, 1.807) is 18.1 Å². The van der Waals surface area contributed by atoms with Gasteiger partial charge in [0.2, 0.25) is 0 Å². The SMILES string of the molecule is CN(C=O)[N+]1(C)C(=O)C=C[C@@]2(C)[C@H]1CC[C@H]1[C@@H]3CCC[C@@]3(C)CC[C@@H]12. The molecular weight excluding hydrogens is 312 g/mol. The summed E-state index contributed by atoms with van der Waals surface area (Å²) < 4.78 is 0.113. The summed E-state index contributed by atoms with van der Waals surface area (Å²) in [5.74, 6) is 2.33. The van der Waals surface area contributed by atoms with Crippen LogP contribution in [-0.2, 0) is 9.59 Å². The van der Waals surface area contributed by atoms with E-state index in [0.717, 1.165) is 24.7 Å². The largest absolute Gasteiger partial charge is 0.362 e. The van der Waals surface area contributed by atoms with Gasteiger partial charge in [-0.2, -0.15) is 9.60 Å². The van der Waals surface area contributed by atoms with Crippen LogP contribution in [0.1, 0.15) is 58.8 Å². The number of nitrogens with zero attached hydrogens (tertiary/aromatic N) is 2. The van der Waals surface area contributed by atoms with E-state index in [1.807, 2.05) is 7.05 Å². The molecule has 3 fully saturated rings. The average molecular weight is 346 g/mol. The highest BCUT2D eigenvalue weighted by Crippen LogP contribution is 2.64. The quantitative estimate of drug-likeness (QED) is 0.567. The predicted molar refractivity (Wildman–Crippen MR) is 96.9 cm³/mol. The van der Waals surface area contributed by atoms with E-state index in [0.29, 0.717) is 11.3 Å². The van der Waals surface area contributed by atoms with E-state index < -0.39 is 0 Å². The van der Waals surface area contributed by atoms with E-state index in [9.17, 15) is 9.59 Å². The second-order valence-corrected chi connectivity index (χ2v) is 9.80. The second kappa shape index (κ2) is 5.42. The van der Waals surface area contributed by atoms with Gasteiger partial charge < -0.3 is 0 Å². The highest BCUT2D eigenvalue weighted by Gasteiger charge is 2.64. The molecule has 25 heavy (non-hydrogen) atoms. The number of fused-ring (bicyclic) bond motifs is 5. The fraction of sp³-hybridized carbons (Fsp3) is 0.810. The maximum Gasteiger partial charge on any atom is 0.362 e. The van der Waals surface area contributed by atoms with E-state index in [2.05, 4.69) is 19.9 Å². The molecular formula is C21H33N2O2+. The lowest BCUT2D eigenvalue weighted by molar-refractivity contribution is -0.963. The zero-order chi connectivity index (χ0) is 18.0. The minimum atomic E-state index is 0.00671. The van der Waals surface area contributed by atoms with Crippen molar-refractivity contribution in [2.45, 2.75) is 64.8 Å². The molecule has 4 heteroatoms. The topological polar surface area (TPSA) is 37.4 Å². The van der Waals surface area contributed by atoms with Crippen molar-refractivity contribution >= 4 is 12.3 Å². The van der Waals surface area contributed by atoms with Crippen LogP contribution in [-0.4, -0.2) is 42.1 Å². The lowest BCUT2D eigenvalue weighted by Gasteiger charge is -2.61. The minimum absolute atomic E-state index is 0.00671. The van der Waals surface area contributed by atoms with E-state index in [1.165, 1.54) is 38.5 Å². The molecule has 1 aliphatic heterocycles. The van der Waals surface area contributed by atoms with Crippen LogP contribution in [0.2, 0.25) is 0 Å². The normalized spacial score (nSPS) is 51.4. The Hall–Kier alpha value is -1.16. The first-order valence-electron chi connectivity index (χ1n) is 10.1. The van der Waals surface area contributed by atoms with Gasteiger partial charge >= 0.3 is 5.91 Å². The summed E-state index contributed by atoms with van der Waals surface area (Å²) in [6.45, 7) is 4.89. The van der Waals surface area contributed by atoms with Gasteiger partial charge in [0, 0.05) is 17.9 Å². The van der Waals surface area contributed by atoms with Crippen molar-refractivity contribution in [1.82, 2.24) is 5.01 Å². The predicted octanol–water partition coefficient (Wildman–Crippen LogP) is 3.53. The Morgan fingerprint density at radius 1 is 1.16 bits per heavy atom. The van der Waals surface area contributed by atoms with Crippen molar-refractivity contribution in [3.63, 3.8) is 0 Å². The smallest absolute Gasteiger partial charge is 0.273 e. The van der Waals surface area contributed by atoms with Gasteiger partial charge in [0.15, 0.2) is 0 Å². The highest BCUT2D eigenvalue weighted by atomic mass is 16.2. The Morgan fingerprint density at radius 2 is 1.92 bits per heavy atom. The molecule has 138 valence electrons. The molecule has 0 aromatic heterocycles. The molecule has 3 saturated carbocycles. The number of quaternary nitrogens is 1. The van der Waals surface area contributed by atoms with Crippen molar-refractivity contribution in [2.24, 2.45) is 28.6 Å². The molecule has 0 radical (unpaired) electrons. The Labute approximate surface area is 151 Å². The molecule has 4 aliphatic rings. The van der Waals surface area contributed by atoms with Crippen LogP contribution in [0, 0.1) is 28.6 Å². The van der Waals surface area contributed by atoms with Gasteiger partial charge in [0.1, 0.15) is 6.04 Å². The molecule has 7 atom stereocenters. The third kappa shape index (κ3) is 2.09. The molecule has 0 aromatic carbocycles. The summed E-state index contributed by atoms with van der Waals surface area (Å²) in [7, 11) is 3.69. The van der Waals surface area contributed by atoms with Gasteiger partial charge in [-0.1, -0.05) is 26.3 Å². The Bertz CT molecular complexity index is 631. The van der Waals surface area contributed by atoms with Crippen LogP contribution < -0.4 is 0 Å². The third-order valence-electron chi connectivity index (χ3n) is 8.95. The molecule has 1 unspecified atom stereocenters. The van der Waals surface area contributed by atoms with Crippen LogP contribution in [0.5, 0.6) is 0 Å². The lowest BCUT2D eigenvalue weighted by atomic mass is 9.48. The molecule has 0 saturated heterocycles. The molecule has 1 heterocycles. The summed E-state index contributed by atoms with van der Waals surface area (Å²) in [6, 6.07) is 0.173. The number of rotatable bonds is 2. The molecule has 2 amide bonds. The second-order valence-electron chi connectivity index (χ2n) is 9.80. The lowest BCUT2D eigenvalue weighted by Crippen LogP contribution is -2.72. The molecule has 4 rings (SSSR count). The van der Waals surface area contributed by atoms with Gasteiger partial charge in [-0.25, -0.2) is 4.79 Å². The summed E-state index contributed by atoms with van der Waals surface area (Å²) in [4.78, 5) is 24.3. The highest BCUT2D eigenvalue weighted by molar-refractivity contribution is 5.83. The Morgan fingerprint density at radius 3 is 2.64 bits per heavy atom. The summed E-state index contributed by atoms with van der Waals surface area (Å²) >= 11 is 0. The molecule has 0 bridgehead atoms. The molecule has 3 aliphatic carbocycles. The number of hydrogen-bond acceptors (Lipinski definition) is 2. The maximum absolute atomic E-state index is 12.8. The Kier molecular flexibility index (Phi) is 3.74. The summed E-state index contributed by atoms with van der Waals surface area (Å²) in [6.07, 6.45) is 13.8. The maximum atomic E-state index is 12.8. The first-order chi connectivity index (χ1) is 11.8. The summed E-state index contributed by atoms with van der Waals surface area (Å²) in [5, 5.41) is 1.58. The van der Waals surface area contributed by atoms with Gasteiger partial charge in [-0.05, 0) is 55.3 Å². The van der Waals surface area contributed by atoms with Gasteiger partial charge in [-0.3, -0.25) is 4.79 Å². The van der Waals surface area contributed by atoms with Crippen LogP contribution in [0.15, 0.2) is 12.2 Å². The first kappa shape index (κ1) is 17.3. The average Bonchev–Trinajstić information content (AvgIpc) is 2.99. The van der Waals surface area contributed by atoms with Gasteiger partial charge in [-0.15, -0.1) is 0 Å². The fourth-order valence-corrected chi connectivity index (χ4v) is 7.42. The van der Waals surface area contributed by atoms with Gasteiger partial charge in [0.25, 0.3) is 6.41 Å². The van der Waals surface area contributed by atoms with Crippen molar-refractivity contribution in [3.05, 3.63) is 12.2 Å². The molecule has 0 aromatic rings. The van der Waals surface area contributed by atoms with Crippen LogP contribution in [0.3, 0.4) is 0 Å². The van der Waals surface area contributed by atoms with Crippen molar-refractivity contribution in [2.75, 3.05) is 14.1 Å². The van der Waals surface area contributed by atoms with Crippen LogP contribution in [0.4, 0.5) is 0 Å². The van der Waals surface area contributed by atoms with Crippen molar-refractivity contribution in [1.29, 1.82) is 0 Å². The number of hydrogen-bond donors (Lipinski definition) is 0. The molecule has 0 N–H and O–H groups in total. The number of amides is 2. The first-order valence-corrected chi connectivity index (χ1v) is 10.1. The van der Waals surface area contributed by atoms with Crippen LogP contribution >= 0.6 is 0 Å². The monoisotopic (exact) mass is 345 g/mol. The number of carbonyl (C=O) groups excluding carboxylic acids is 2. The zero-order valence-corrected chi connectivity index (χ0v) is 16.2. The van der Waals surface area contributed by atoms with E-state index in [4.69, 9.17) is 0 Å². The zero-order valence-electron chi connectivity index (χ0n) is 16.2. The number of likely N-dealkylation sites (N-methyl/N-ethyl adjacent to an activating group) is 1. The third-order valence-corrected chi connectivity index (χ3v) is 8.95. The summed E-state index contributed by atoms with van der Waals surface area (Å²) in [5.41, 5.74) is 0.559. The minimum Gasteiger partial charge on any atom is -0.273 e. The molecule has 4 nitrogen and oxygen atoms in total. The van der Waals surface area contributed by atoms with E-state index >= 15 is 0 Å². The fourth-order valence-electron chi connectivity index (χ4n) is 7.42. The van der Waals surface area contributed by atoms with Crippen LogP contribution in [0.25, 0.3) is 0 Å². The Balaban J connectivity index is 1.74. The van der Waals surface area contributed by atoms with E-state index in [-0.39, 0.29) is 22.0 Å². The van der Waals surface area contributed by atoms with Crippen molar-refractivity contribution < 1.29 is 14.2 Å². The van der Waals surface area contributed by atoms with Crippen molar-refractivity contribution in [3.8, 4) is 0 Å². The number of carbonyl (C=O) groups is 2. The molecule has 0 spiro atoms. The standard InChI is InChI=1S/C21H33N2O2/c1-20-11-5-6-16(20)15-7-8-18-21(2,17(15)9-12-20)13-10-19(25)23(18,4)22(3)14-24/h10,13-18H,5-9,11-12H2,1-4H3/q+1/t15-,16-,17-,18+,20-,21+,23?/m0/s1.